The Morgan fingerprint density at radius 3 is 2.69 bits per heavy atom. The molecule has 1 atom stereocenters. The van der Waals surface area contributed by atoms with Gasteiger partial charge in [0.15, 0.2) is 0 Å². The van der Waals surface area contributed by atoms with Gasteiger partial charge in [-0.25, -0.2) is 0 Å². The number of nitrogens with one attached hydrogen (secondary N) is 1. The first-order valence-corrected chi connectivity index (χ1v) is 5.33. The molecule has 1 aliphatic rings. The average molecular weight is 294 g/mol. The van der Waals surface area contributed by atoms with Gasteiger partial charge in [-0.15, -0.1) is 0 Å². The van der Waals surface area contributed by atoms with E-state index in [1.54, 1.807) is 6.07 Å². The maximum Gasteiger partial charge on any atom is 0.397 e. The minimum Gasteiger partial charge on any atom is -0.351 e. The summed E-state index contributed by atoms with van der Waals surface area (Å²) in [6, 6.07) is 4.30. The third kappa shape index (κ3) is 1.93. The fourth-order valence-electron chi connectivity index (χ4n) is 1.72. The van der Waals surface area contributed by atoms with Gasteiger partial charge in [-0.3, -0.25) is 4.79 Å². The molecule has 0 aromatic heterocycles. The zero-order valence-electron chi connectivity index (χ0n) is 7.94. The van der Waals surface area contributed by atoms with Crippen molar-refractivity contribution in [3.05, 3.63) is 33.8 Å². The van der Waals surface area contributed by atoms with Crippen LogP contribution in [0.4, 0.5) is 13.2 Å². The molecule has 86 valence electrons. The van der Waals surface area contributed by atoms with E-state index in [4.69, 9.17) is 0 Å². The molecule has 0 aliphatic carbocycles. The molecule has 0 fully saturated rings. The molecule has 1 N–H and O–H groups in total. The zero-order valence-corrected chi connectivity index (χ0v) is 9.52. The minimum absolute atomic E-state index is 0.0330. The van der Waals surface area contributed by atoms with E-state index in [1.807, 2.05) is 0 Å². The lowest BCUT2D eigenvalue weighted by molar-refractivity contribution is -0.149. The highest BCUT2D eigenvalue weighted by Gasteiger charge is 2.44. The lowest BCUT2D eigenvalue weighted by Crippen LogP contribution is -2.40. The van der Waals surface area contributed by atoms with Gasteiger partial charge < -0.3 is 5.32 Å². The summed E-state index contributed by atoms with van der Waals surface area (Å²) >= 11 is 3.11. The van der Waals surface area contributed by atoms with Gasteiger partial charge in [-0.1, -0.05) is 15.9 Å². The van der Waals surface area contributed by atoms with Crippen molar-refractivity contribution in [1.29, 1.82) is 0 Å². The molecular weight excluding hydrogens is 287 g/mol. The van der Waals surface area contributed by atoms with Crippen molar-refractivity contribution in [2.24, 2.45) is 0 Å². The normalized spacial score (nSPS) is 20.2. The first kappa shape index (κ1) is 11.4. The molecule has 0 bridgehead atoms. The minimum atomic E-state index is -4.34. The number of carbonyl (C=O) groups is 1. The third-order valence-electron chi connectivity index (χ3n) is 2.50. The fourth-order valence-corrected chi connectivity index (χ4v) is 2.10. The molecule has 1 amide bonds. The number of fused-ring (bicyclic) bond motifs is 1. The van der Waals surface area contributed by atoms with Crippen molar-refractivity contribution in [2.75, 3.05) is 6.54 Å². The number of alkyl halides is 3. The fraction of sp³-hybridized carbons (Fsp3) is 0.300. The molecule has 0 saturated carbocycles. The molecule has 1 aromatic carbocycles. The van der Waals surface area contributed by atoms with Gasteiger partial charge in [0.05, 0.1) is 5.92 Å². The van der Waals surface area contributed by atoms with Crippen molar-refractivity contribution in [1.82, 2.24) is 5.32 Å². The number of benzene rings is 1. The molecule has 2 nitrogen and oxygen atoms in total. The zero-order chi connectivity index (χ0) is 11.9. The van der Waals surface area contributed by atoms with Crippen LogP contribution in [0.2, 0.25) is 0 Å². The second kappa shape index (κ2) is 3.76. The Morgan fingerprint density at radius 2 is 2.06 bits per heavy atom. The molecule has 1 unspecified atom stereocenters. The van der Waals surface area contributed by atoms with Gasteiger partial charge in [0.1, 0.15) is 0 Å². The standard InChI is InChI=1S/C10H7BrF3NO/c11-5-1-2-6-7(3-5)8(10(12,13)14)4-15-9(6)16/h1-3,8H,4H2,(H,15,16). The number of carbonyl (C=O) groups excluding carboxylic acids is 1. The summed E-state index contributed by atoms with van der Waals surface area (Å²) in [4.78, 5) is 11.4. The largest absolute Gasteiger partial charge is 0.397 e. The summed E-state index contributed by atoms with van der Waals surface area (Å²) in [6.07, 6.45) is -4.34. The summed E-state index contributed by atoms with van der Waals surface area (Å²) in [5, 5.41) is 2.24. The highest BCUT2D eigenvalue weighted by molar-refractivity contribution is 9.10. The first-order chi connectivity index (χ1) is 7.39. The lowest BCUT2D eigenvalue weighted by Gasteiger charge is -2.27. The quantitative estimate of drug-likeness (QED) is 0.783. The van der Waals surface area contributed by atoms with Gasteiger partial charge in [-0.2, -0.15) is 13.2 Å². The van der Waals surface area contributed by atoms with Crippen LogP contribution in [0.25, 0.3) is 0 Å². The van der Waals surface area contributed by atoms with Gasteiger partial charge in [0.25, 0.3) is 5.91 Å². The monoisotopic (exact) mass is 293 g/mol. The molecule has 16 heavy (non-hydrogen) atoms. The van der Waals surface area contributed by atoms with Crippen LogP contribution in [-0.2, 0) is 0 Å². The maximum absolute atomic E-state index is 12.7. The molecule has 1 heterocycles. The Kier molecular flexibility index (Phi) is 2.69. The first-order valence-electron chi connectivity index (χ1n) is 4.54. The van der Waals surface area contributed by atoms with Crippen LogP contribution in [0, 0.1) is 0 Å². The van der Waals surface area contributed by atoms with Crippen molar-refractivity contribution < 1.29 is 18.0 Å². The van der Waals surface area contributed by atoms with Gasteiger partial charge in [0.2, 0.25) is 0 Å². The number of hydrogen-bond donors (Lipinski definition) is 1. The van der Waals surface area contributed by atoms with E-state index in [9.17, 15) is 18.0 Å². The van der Waals surface area contributed by atoms with Crippen molar-refractivity contribution in [3.63, 3.8) is 0 Å². The average Bonchev–Trinajstić information content (AvgIpc) is 2.15. The van der Waals surface area contributed by atoms with Crippen LogP contribution in [0.3, 0.4) is 0 Å². The predicted molar refractivity (Wildman–Crippen MR) is 55.3 cm³/mol. The number of rotatable bonds is 0. The molecule has 0 spiro atoms. The summed E-state index contributed by atoms with van der Waals surface area (Å²) in [5.41, 5.74) is 0.127. The Balaban J connectivity index is 2.54. The van der Waals surface area contributed by atoms with Gasteiger partial charge >= 0.3 is 6.18 Å². The summed E-state index contributed by atoms with van der Waals surface area (Å²) < 4.78 is 38.7. The van der Waals surface area contributed by atoms with E-state index in [0.717, 1.165) is 0 Å². The van der Waals surface area contributed by atoms with Gasteiger partial charge in [-0.05, 0) is 23.8 Å². The van der Waals surface area contributed by atoms with E-state index >= 15 is 0 Å². The topological polar surface area (TPSA) is 29.1 Å². The van der Waals surface area contributed by atoms with E-state index < -0.39 is 24.5 Å². The van der Waals surface area contributed by atoms with Crippen LogP contribution in [0.15, 0.2) is 22.7 Å². The highest BCUT2D eigenvalue weighted by atomic mass is 79.9. The predicted octanol–water partition coefficient (Wildman–Crippen LogP) is 2.84. The maximum atomic E-state index is 12.7. The number of amides is 1. The summed E-state index contributed by atoms with van der Waals surface area (Å²) in [6.45, 7) is -0.397. The van der Waals surface area contributed by atoms with E-state index in [0.29, 0.717) is 4.47 Å². The van der Waals surface area contributed by atoms with Crippen molar-refractivity contribution in [3.8, 4) is 0 Å². The van der Waals surface area contributed by atoms with Gasteiger partial charge in [0, 0.05) is 16.6 Å². The number of hydrogen-bond acceptors (Lipinski definition) is 1. The number of halogens is 4. The molecule has 2 rings (SSSR count). The highest BCUT2D eigenvalue weighted by Crippen LogP contribution is 2.38. The summed E-state index contributed by atoms with van der Waals surface area (Å²) in [7, 11) is 0. The van der Waals surface area contributed by atoms with Crippen molar-refractivity contribution in [2.45, 2.75) is 12.1 Å². The van der Waals surface area contributed by atoms with E-state index in [1.165, 1.54) is 12.1 Å². The van der Waals surface area contributed by atoms with Crippen LogP contribution in [-0.4, -0.2) is 18.6 Å². The molecule has 1 aromatic rings. The Hall–Kier alpha value is -1.04. The van der Waals surface area contributed by atoms with Crippen LogP contribution >= 0.6 is 15.9 Å². The van der Waals surface area contributed by atoms with Crippen LogP contribution in [0.1, 0.15) is 21.8 Å². The Morgan fingerprint density at radius 1 is 1.38 bits per heavy atom. The second-order valence-corrected chi connectivity index (χ2v) is 4.45. The van der Waals surface area contributed by atoms with Crippen LogP contribution in [0.5, 0.6) is 0 Å². The molecular formula is C10H7BrF3NO. The molecule has 1 aliphatic heterocycles. The second-order valence-electron chi connectivity index (χ2n) is 3.54. The lowest BCUT2D eigenvalue weighted by atomic mass is 9.90. The van der Waals surface area contributed by atoms with E-state index in [2.05, 4.69) is 21.2 Å². The Bertz CT molecular complexity index is 444. The Labute approximate surface area is 98.0 Å². The smallest absolute Gasteiger partial charge is 0.351 e. The van der Waals surface area contributed by atoms with E-state index in [-0.39, 0.29) is 11.1 Å². The molecule has 0 radical (unpaired) electrons. The SMILES string of the molecule is O=C1NCC(C(F)(F)F)c2cc(Br)ccc21. The summed E-state index contributed by atoms with van der Waals surface area (Å²) in [5.74, 6) is -2.08. The van der Waals surface area contributed by atoms with Crippen molar-refractivity contribution >= 4 is 21.8 Å². The molecule has 6 heteroatoms. The molecule has 0 saturated heterocycles. The van der Waals surface area contributed by atoms with Crippen LogP contribution < -0.4 is 5.32 Å². The third-order valence-corrected chi connectivity index (χ3v) is 2.99.